The Morgan fingerprint density at radius 2 is 1.83 bits per heavy atom. The van der Waals surface area contributed by atoms with E-state index in [9.17, 15) is 23.6 Å². The first kappa shape index (κ1) is 31.7. The summed E-state index contributed by atoms with van der Waals surface area (Å²) in [6, 6.07) is 5.43. The van der Waals surface area contributed by atoms with Gasteiger partial charge in [0.2, 0.25) is 17.9 Å². The third-order valence-electron chi connectivity index (χ3n) is 5.80. The Bertz CT molecular complexity index is 1480. The van der Waals surface area contributed by atoms with Crippen LogP contribution in [0.1, 0.15) is 79.0 Å². The van der Waals surface area contributed by atoms with Crippen LogP contribution in [0.15, 0.2) is 33.5 Å². The van der Waals surface area contributed by atoms with Gasteiger partial charge in [0, 0.05) is 27.4 Å². The number of halogens is 1. The zero-order valence-corrected chi connectivity index (χ0v) is 24.1. The lowest BCUT2D eigenvalue weighted by Crippen LogP contribution is -2.46. The Balaban J connectivity index is 1.94. The molecule has 1 aromatic carbocycles. The second-order valence-corrected chi connectivity index (χ2v) is 9.75. The summed E-state index contributed by atoms with van der Waals surface area (Å²) in [6.45, 7) is 7.99. The molecule has 2 amide bonds. The van der Waals surface area contributed by atoms with Gasteiger partial charge in [-0.25, -0.2) is 14.2 Å². The molecule has 2 heterocycles. The molecule has 3 rings (SSSR count). The third kappa shape index (κ3) is 8.11. The lowest BCUT2D eigenvalue weighted by molar-refractivity contribution is -0.0545. The second-order valence-electron chi connectivity index (χ2n) is 9.75. The van der Waals surface area contributed by atoms with Crippen LogP contribution in [0.4, 0.5) is 9.18 Å². The van der Waals surface area contributed by atoms with Gasteiger partial charge in [-0.05, 0) is 38.0 Å². The van der Waals surface area contributed by atoms with Crippen molar-refractivity contribution in [2.24, 2.45) is 7.05 Å². The number of rotatable bonds is 12. The van der Waals surface area contributed by atoms with E-state index in [0.29, 0.717) is 12.0 Å². The number of carbonyl (C=O) groups is 3. The second kappa shape index (κ2) is 13.7. The highest BCUT2D eigenvalue weighted by molar-refractivity contribution is 5.95. The summed E-state index contributed by atoms with van der Waals surface area (Å²) in [5, 5.41) is 12.6. The van der Waals surface area contributed by atoms with Crippen molar-refractivity contribution in [1.29, 1.82) is 0 Å². The highest BCUT2D eigenvalue weighted by atomic mass is 19.1. The van der Waals surface area contributed by atoms with Crippen molar-refractivity contribution in [2.45, 2.75) is 65.8 Å². The highest BCUT2D eigenvalue weighted by Gasteiger charge is 2.34. The van der Waals surface area contributed by atoms with Gasteiger partial charge in [0.1, 0.15) is 11.6 Å². The SMILES string of the molecule is CCCCOC(=O)OC(C)Oc1c(C(=O)NCc2ccc(F)cc2)nc(C(C)(C)NC(=O)c2nnc(C)o2)n(C)c1=O. The molecule has 0 fully saturated rings. The van der Waals surface area contributed by atoms with Crippen LogP contribution in [0.5, 0.6) is 5.75 Å². The molecule has 0 bridgehead atoms. The first-order valence-electron chi connectivity index (χ1n) is 13.1. The van der Waals surface area contributed by atoms with Crippen molar-refractivity contribution >= 4 is 18.0 Å². The fourth-order valence-electron chi connectivity index (χ4n) is 3.71. The van der Waals surface area contributed by atoms with E-state index in [1.54, 1.807) is 13.8 Å². The average molecular weight is 589 g/mol. The predicted molar refractivity (Wildman–Crippen MR) is 144 cm³/mol. The Morgan fingerprint density at radius 3 is 2.45 bits per heavy atom. The topological polar surface area (TPSA) is 177 Å². The summed E-state index contributed by atoms with van der Waals surface area (Å²) in [4.78, 5) is 56.0. The minimum Gasteiger partial charge on any atom is -0.447 e. The van der Waals surface area contributed by atoms with E-state index in [-0.39, 0.29) is 30.8 Å². The van der Waals surface area contributed by atoms with E-state index < -0.39 is 52.6 Å². The molecule has 0 saturated carbocycles. The number of hydrogen-bond acceptors (Lipinski definition) is 11. The van der Waals surface area contributed by atoms with Gasteiger partial charge in [0.25, 0.3) is 11.5 Å². The van der Waals surface area contributed by atoms with E-state index in [0.717, 1.165) is 11.0 Å². The van der Waals surface area contributed by atoms with Crippen molar-refractivity contribution in [3.8, 4) is 5.75 Å². The van der Waals surface area contributed by atoms with Crippen LogP contribution in [-0.4, -0.2) is 50.6 Å². The zero-order valence-electron chi connectivity index (χ0n) is 24.1. The van der Waals surface area contributed by atoms with E-state index in [4.69, 9.17) is 18.6 Å². The standard InChI is InChI=1S/C27H33FN6O8/c1-7-8-13-39-26(38)42-16(3)41-20-19(21(35)29-14-17-9-11-18(28)12-10-17)30-25(34(6)24(20)37)27(4,5)31-22(36)23-33-32-15(2)40-23/h9-12,16H,7-8,13-14H2,1-6H3,(H,29,35)(H,31,36). The van der Waals surface area contributed by atoms with Gasteiger partial charge < -0.3 is 29.3 Å². The van der Waals surface area contributed by atoms with Crippen LogP contribution in [0, 0.1) is 12.7 Å². The van der Waals surface area contributed by atoms with Crippen LogP contribution in [0.3, 0.4) is 0 Å². The molecule has 226 valence electrons. The lowest BCUT2D eigenvalue weighted by atomic mass is 10.0. The molecule has 2 N–H and O–H groups in total. The summed E-state index contributed by atoms with van der Waals surface area (Å²) < 4.78 is 35.2. The molecule has 2 aromatic heterocycles. The van der Waals surface area contributed by atoms with E-state index in [1.165, 1.54) is 45.2 Å². The van der Waals surface area contributed by atoms with Gasteiger partial charge in [-0.1, -0.05) is 25.5 Å². The molecule has 42 heavy (non-hydrogen) atoms. The predicted octanol–water partition coefficient (Wildman–Crippen LogP) is 2.88. The molecule has 0 radical (unpaired) electrons. The summed E-state index contributed by atoms with van der Waals surface area (Å²) >= 11 is 0. The van der Waals surface area contributed by atoms with Gasteiger partial charge in [-0.15, -0.1) is 10.2 Å². The summed E-state index contributed by atoms with van der Waals surface area (Å²) in [7, 11) is 1.37. The van der Waals surface area contributed by atoms with Crippen LogP contribution < -0.4 is 20.9 Å². The normalized spacial score (nSPS) is 11.9. The molecule has 0 spiro atoms. The summed E-state index contributed by atoms with van der Waals surface area (Å²) in [5.74, 6) is -2.66. The van der Waals surface area contributed by atoms with Crippen molar-refractivity contribution in [3.05, 3.63) is 69.3 Å². The number of carbonyl (C=O) groups excluding carboxylic acids is 3. The number of aryl methyl sites for hydroxylation is 1. The van der Waals surface area contributed by atoms with Gasteiger partial charge in [0.05, 0.1) is 12.1 Å². The summed E-state index contributed by atoms with van der Waals surface area (Å²) in [5.41, 5.74) is -2.02. The number of unbranched alkanes of at least 4 members (excludes halogenated alkanes) is 1. The van der Waals surface area contributed by atoms with Crippen molar-refractivity contribution in [3.63, 3.8) is 0 Å². The number of hydrogen-bond donors (Lipinski definition) is 2. The maximum atomic E-state index is 13.5. The number of ether oxygens (including phenoxy) is 3. The largest absolute Gasteiger partial charge is 0.511 e. The molecule has 14 nitrogen and oxygen atoms in total. The first-order valence-corrected chi connectivity index (χ1v) is 13.1. The van der Waals surface area contributed by atoms with Crippen molar-refractivity contribution < 1.29 is 37.4 Å². The van der Waals surface area contributed by atoms with E-state index in [2.05, 4.69) is 25.8 Å². The van der Waals surface area contributed by atoms with Gasteiger partial charge in [0.15, 0.2) is 5.69 Å². The zero-order chi connectivity index (χ0) is 31.0. The molecule has 0 aliphatic heterocycles. The van der Waals surface area contributed by atoms with Crippen LogP contribution in [-0.2, 0) is 28.6 Å². The van der Waals surface area contributed by atoms with Crippen LogP contribution >= 0.6 is 0 Å². The van der Waals surface area contributed by atoms with Gasteiger partial charge in [-0.3, -0.25) is 19.0 Å². The Labute approximate surface area is 240 Å². The van der Waals surface area contributed by atoms with Crippen LogP contribution in [0.25, 0.3) is 0 Å². The lowest BCUT2D eigenvalue weighted by Gasteiger charge is -2.28. The number of benzene rings is 1. The highest BCUT2D eigenvalue weighted by Crippen LogP contribution is 2.22. The first-order chi connectivity index (χ1) is 19.8. The molecule has 0 saturated heterocycles. The minimum atomic E-state index is -1.34. The number of amides is 2. The number of nitrogens with zero attached hydrogens (tertiary/aromatic N) is 4. The molecule has 1 unspecified atom stereocenters. The average Bonchev–Trinajstić information content (AvgIpc) is 3.37. The Kier molecular flexibility index (Phi) is 10.3. The van der Waals surface area contributed by atoms with Crippen molar-refractivity contribution in [2.75, 3.05) is 6.61 Å². The molecular weight excluding hydrogens is 555 g/mol. The monoisotopic (exact) mass is 588 g/mol. The molecular formula is C27H33FN6O8. The van der Waals surface area contributed by atoms with Crippen LogP contribution in [0.2, 0.25) is 0 Å². The molecule has 1 atom stereocenters. The molecule has 0 aliphatic carbocycles. The number of nitrogens with one attached hydrogen (secondary N) is 2. The van der Waals surface area contributed by atoms with E-state index >= 15 is 0 Å². The Morgan fingerprint density at radius 1 is 1.14 bits per heavy atom. The maximum Gasteiger partial charge on any atom is 0.511 e. The third-order valence-corrected chi connectivity index (χ3v) is 5.80. The fraction of sp³-hybridized carbons (Fsp3) is 0.444. The minimum absolute atomic E-state index is 0.0242. The van der Waals surface area contributed by atoms with Crippen molar-refractivity contribution in [1.82, 2.24) is 30.4 Å². The molecule has 0 aliphatic rings. The quantitative estimate of drug-likeness (QED) is 0.181. The number of aromatic nitrogens is 4. The fourth-order valence-corrected chi connectivity index (χ4v) is 3.71. The Hall–Kier alpha value is -4.82. The van der Waals surface area contributed by atoms with Gasteiger partial charge in [-0.2, -0.15) is 0 Å². The molecule has 3 aromatic rings. The summed E-state index contributed by atoms with van der Waals surface area (Å²) in [6.07, 6.45) is -0.918. The van der Waals surface area contributed by atoms with E-state index in [1.807, 2.05) is 6.92 Å². The smallest absolute Gasteiger partial charge is 0.447 e. The maximum absolute atomic E-state index is 13.5. The molecule has 15 heteroatoms. The van der Waals surface area contributed by atoms with Gasteiger partial charge >= 0.3 is 18.0 Å².